The number of carbonyl (C=O) groups is 1. The lowest BCUT2D eigenvalue weighted by Crippen LogP contribution is -2.28. The van der Waals surface area contributed by atoms with Crippen LogP contribution in [-0.2, 0) is 4.79 Å². The Kier molecular flexibility index (Phi) is 7.41. The van der Waals surface area contributed by atoms with Crippen molar-refractivity contribution < 1.29 is 9.21 Å². The summed E-state index contributed by atoms with van der Waals surface area (Å²) in [6.07, 6.45) is 2.17. The molecule has 10 heteroatoms. The maximum atomic E-state index is 13.2. The van der Waals surface area contributed by atoms with Crippen LogP contribution in [0.2, 0.25) is 5.02 Å². The molecule has 184 valence electrons. The molecule has 0 fully saturated rings. The molecule has 3 heterocycles. The molecule has 0 spiro atoms. The standard InChI is InChI=1S/C26H24ClN5O2S2/c1-16(2)17-7-11-20(12-8-17)28-25-29-30-26(36-25)35-15-24(33)32-22(23-4-3-13-34-23)14-21(31-32)18-5-9-19(27)10-6-18/h3-13,16,22H,14-15H2,1-2H3,(H,28,29)/t22-/m1/s1. The van der Waals surface area contributed by atoms with Gasteiger partial charge in [-0.2, -0.15) is 5.10 Å². The largest absolute Gasteiger partial charge is 0.467 e. The summed E-state index contributed by atoms with van der Waals surface area (Å²) in [6, 6.07) is 19.1. The van der Waals surface area contributed by atoms with Crippen LogP contribution in [0, 0.1) is 0 Å². The van der Waals surface area contributed by atoms with E-state index in [0.717, 1.165) is 17.0 Å². The van der Waals surface area contributed by atoms with Gasteiger partial charge in [0.25, 0.3) is 5.91 Å². The predicted molar refractivity (Wildman–Crippen MR) is 145 cm³/mol. The number of amides is 1. The first kappa shape index (κ1) is 24.5. The number of rotatable bonds is 8. The number of benzene rings is 2. The lowest BCUT2D eigenvalue weighted by Gasteiger charge is -2.19. The number of furan rings is 1. The maximum Gasteiger partial charge on any atom is 0.253 e. The zero-order chi connectivity index (χ0) is 25.1. The van der Waals surface area contributed by atoms with E-state index in [0.29, 0.717) is 32.6 Å². The molecular weight excluding hydrogens is 514 g/mol. The van der Waals surface area contributed by atoms with Gasteiger partial charge in [-0.05, 0) is 53.4 Å². The number of aromatic nitrogens is 2. The summed E-state index contributed by atoms with van der Waals surface area (Å²) in [5.41, 5.74) is 3.98. The number of hydrogen-bond acceptors (Lipinski definition) is 8. The van der Waals surface area contributed by atoms with E-state index < -0.39 is 0 Å². The summed E-state index contributed by atoms with van der Waals surface area (Å²) >= 11 is 8.79. The first-order valence-electron chi connectivity index (χ1n) is 11.5. The molecule has 1 N–H and O–H groups in total. The van der Waals surface area contributed by atoms with E-state index in [1.165, 1.54) is 33.7 Å². The van der Waals surface area contributed by atoms with Crippen molar-refractivity contribution in [3.63, 3.8) is 0 Å². The Balaban J connectivity index is 1.24. The van der Waals surface area contributed by atoms with Gasteiger partial charge in [0.15, 0.2) is 4.34 Å². The summed E-state index contributed by atoms with van der Waals surface area (Å²) in [6.45, 7) is 4.33. The number of hydrogen-bond donors (Lipinski definition) is 1. The summed E-state index contributed by atoms with van der Waals surface area (Å²) in [4.78, 5) is 13.2. The van der Waals surface area contributed by atoms with Crippen molar-refractivity contribution in [3.05, 3.63) is 88.8 Å². The van der Waals surface area contributed by atoms with Crippen molar-refractivity contribution in [2.24, 2.45) is 5.10 Å². The predicted octanol–water partition coefficient (Wildman–Crippen LogP) is 7.12. The van der Waals surface area contributed by atoms with Gasteiger partial charge in [-0.25, -0.2) is 5.01 Å². The van der Waals surface area contributed by atoms with Crippen molar-refractivity contribution in [2.45, 2.75) is 36.6 Å². The molecule has 0 saturated carbocycles. The van der Waals surface area contributed by atoms with Gasteiger partial charge < -0.3 is 9.73 Å². The molecule has 4 aromatic rings. The highest BCUT2D eigenvalue weighted by Crippen LogP contribution is 2.35. The van der Waals surface area contributed by atoms with Gasteiger partial charge >= 0.3 is 0 Å². The fourth-order valence-corrected chi connectivity index (χ4v) is 5.59. The average molecular weight is 538 g/mol. The average Bonchev–Trinajstić information content (AvgIpc) is 3.64. The highest BCUT2D eigenvalue weighted by atomic mass is 35.5. The first-order chi connectivity index (χ1) is 17.5. The molecule has 1 aliphatic rings. The van der Waals surface area contributed by atoms with Crippen LogP contribution in [0.15, 0.2) is 80.8 Å². The molecule has 1 atom stereocenters. The molecule has 2 aromatic heterocycles. The van der Waals surface area contributed by atoms with Gasteiger partial charge in [0.2, 0.25) is 5.13 Å². The third-order valence-corrected chi connectivity index (χ3v) is 7.98. The van der Waals surface area contributed by atoms with Crippen LogP contribution in [0.25, 0.3) is 0 Å². The van der Waals surface area contributed by atoms with Crippen molar-refractivity contribution in [1.82, 2.24) is 15.2 Å². The Labute approximate surface area is 222 Å². The second-order valence-corrected chi connectivity index (χ2v) is 11.2. The molecule has 36 heavy (non-hydrogen) atoms. The van der Waals surface area contributed by atoms with Crippen molar-refractivity contribution in [1.29, 1.82) is 0 Å². The molecular formula is C26H24ClN5O2S2. The second-order valence-electron chi connectivity index (χ2n) is 8.59. The van der Waals surface area contributed by atoms with E-state index in [-0.39, 0.29) is 17.7 Å². The van der Waals surface area contributed by atoms with Crippen molar-refractivity contribution in [3.8, 4) is 0 Å². The van der Waals surface area contributed by atoms with Crippen LogP contribution < -0.4 is 5.32 Å². The fourth-order valence-electron chi connectivity index (χ4n) is 3.84. The van der Waals surface area contributed by atoms with Gasteiger partial charge in [-0.3, -0.25) is 4.79 Å². The zero-order valence-corrected chi connectivity index (χ0v) is 22.1. The molecule has 0 bridgehead atoms. The summed E-state index contributed by atoms with van der Waals surface area (Å²) in [5, 5.41) is 19.2. The molecule has 0 saturated heterocycles. The quantitative estimate of drug-likeness (QED) is 0.241. The Hall–Kier alpha value is -3.14. The minimum Gasteiger partial charge on any atom is -0.467 e. The van der Waals surface area contributed by atoms with Crippen molar-refractivity contribution >= 4 is 57.1 Å². The van der Waals surface area contributed by atoms with E-state index in [4.69, 9.17) is 16.0 Å². The Bertz CT molecular complexity index is 1350. The molecule has 0 aliphatic carbocycles. The van der Waals surface area contributed by atoms with E-state index in [1.54, 1.807) is 6.26 Å². The maximum absolute atomic E-state index is 13.2. The van der Waals surface area contributed by atoms with Gasteiger partial charge in [0, 0.05) is 17.1 Å². The third-order valence-electron chi connectivity index (χ3n) is 5.77. The first-order valence-corrected chi connectivity index (χ1v) is 13.7. The second kappa shape index (κ2) is 10.9. The summed E-state index contributed by atoms with van der Waals surface area (Å²) < 4.78 is 6.33. The van der Waals surface area contributed by atoms with Crippen LogP contribution >= 0.6 is 34.7 Å². The highest BCUT2D eigenvalue weighted by Gasteiger charge is 2.34. The van der Waals surface area contributed by atoms with Crippen molar-refractivity contribution in [2.75, 3.05) is 11.1 Å². The fraction of sp³-hybridized carbons (Fsp3) is 0.231. The highest BCUT2D eigenvalue weighted by molar-refractivity contribution is 8.01. The summed E-state index contributed by atoms with van der Waals surface area (Å²) in [5.74, 6) is 1.24. The van der Waals surface area contributed by atoms with Gasteiger partial charge in [-0.15, -0.1) is 10.2 Å². The minimum atomic E-state index is -0.292. The number of nitrogens with one attached hydrogen (secondary N) is 1. The van der Waals surface area contributed by atoms with E-state index in [9.17, 15) is 4.79 Å². The number of halogens is 1. The van der Waals surface area contributed by atoms with Crippen LogP contribution in [-0.4, -0.2) is 32.6 Å². The summed E-state index contributed by atoms with van der Waals surface area (Å²) in [7, 11) is 0. The molecule has 1 amide bonds. The Morgan fingerprint density at radius 1 is 1.17 bits per heavy atom. The monoisotopic (exact) mass is 537 g/mol. The van der Waals surface area contributed by atoms with Gasteiger partial charge in [0.1, 0.15) is 11.8 Å². The van der Waals surface area contributed by atoms with E-state index >= 15 is 0 Å². The van der Waals surface area contributed by atoms with E-state index in [2.05, 4.69) is 46.6 Å². The number of hydrazone groups is 1. The molecule has 7 nitrogen and oxygen atoms in total. The van der Waals surface area contributed by atoms with Gasteiger partial charge in [0.05, 0.1) is 17.7 Å². The number of nitrogens with zero attached hydrogens (tertiary/aromatic N) is 4. The van der Waals surface area contributed by atoms with Crippen LogP contribution in [0.5, 0.6) is 0 Å². The SMILES string of the molecule is CC(C)c1ccc(Nc2nnc(SCC(=O)N3N=C(c4ccc(Cl)cc4)C[C@@H]3c3ccco3)s2)cc1. The topological polar surface area (TPSA) is 83.6 Å². The molecule has 5 rings (SSSR count). The number of anilines is 2. The minimum absolute atomic E-state index is 0.126. The molecule has 1 aliphatic heterocycles. The zero-order valence-electron chi connectivity index (χ0n) is 19.7. The number of thioether (sulfide) groups is 1. The van der Waals surface area contributed by atoms with Crippen LogP contribution in [0.4, 0.5) is 10.8 Å². The Morgan fingerprint density at radius 2 is 1.94 bits per heavy atom. The third kappa shape index (κ3) is 5.64. The number of carbonyl (C=O) groups excluding carboxylic acids is 1. The van der Waals surface area contributed by atoms with Crippen LogP contribution in [0.3, 0.4) is 0 Å². The molecule has 0 unspecified atom stereocenters. The molecule has 2 aromatic carbocycles. The van der Waals surface area contributed by atoms with Crippen LogP contribution in [0.1, 0.15) is 49.1 Å². The smallest absolute Gasteiger partial charge is 0.253 e. The Morgan fingerprint density at radius 3 is 2.64 bits per heavy atom. The van der Waals surface area contributed by atoms with Gasteiger partial charge in [-0.1, -0.05) is 72.8 Å². The molecule has 0 radical (unpaired) electrons. The lowest BCUT2D eigenvalue weighted by atomic mass is 10.0. The van der Waals surface area contributed by atoms with E-state index in [1.807, 2.05) is 48.5 Å². The lowest BCUT2D eigenvalue weighted by molar-refractivity contribution is -0.130. The normalized spacial score (nSPS) is 15.4.